The SMILES string of the molecule is CCc1nsc(Sc2cc(NN)nc(C(C)(C)C)n2)n1. The molecule has 0 bridgehead atoms. The Kier molecular flexibility index (Phi) is 4.56. The Morgan fingerprint density at radius 3 is 2.60 bits per heavy atom. The number of hydrogen-bond acceptors (Lipinski definition) is 8. The molecule has 8 heteroatoms. The molecule has 2 aromatic heterocycles. The van der Waals surface area contributed by atoms with Gasteiger partial charge in [-0.2, -0.15) is 4.37 Å². The quantitative estimate of drug-likeness (QED) is 0.509. The molecule has 0 aliphatic carbocycles. The summed E-state index contributed by atoms with van der Waals surface area (Å²) >= 11 is 2.87. The molecule has 2 rings (SSSR count). The number of anilines is 1. The van der Waals surface area contributed by atoms with E-state index in [1.807, 2.05) is 13.0 Å². The number of nitrogens with two attached hydrogens (primary N) is 1. The Hall–Kier alpha value is -1.25. The summed E-state index contributed by atoms with van der Waals surface area (Å²) in [5.41, 5.74) is 2.44. The molecule has 0 unspecified atom stereocenters. The highest BCUT2D eigenvalue weighted by atomic mass is 32.2. The minimum absolute atomic E-state index is 0.141. The first-order valence-corrected chi connectivity index (χ1v) is 7.88. The Morgan fingerprint density at radius 2 is 2.05 bits per heavy atom. The maximum atomic E-state index is 5.48. The van der Waals surface area contributed by atoms with Gasteiger partial charge in [0, 0.05) is 17.9 Å². The lowest BCUT2D eigenvalue weighted by Crippen LogP contribution is -2.19. The first kappa shape index (κ1) is 15.1. The number of hydrogen-bond donors (Lipinski definition) is 2. The van der Waals surface area contributed by atoms with E-state index in [-0.39, 0.29) is 5.41 Å². The van der Waals surface area contributed by atoms with Crippen LogP contribution >= 0.6 is 23.3 Å². The van der Waals surface area contributed by atoms with Gasteiger partial charge in [-0.3, -0.25) is 0 Å². The zero-order valence-electron chi connectivity index (χ0n) is 12.0. The van der Waals surface area contributed by atoms with Crippen molar-refractivity contribution in [2.75, 3.05) is 5.43 Å². The van der Waals surface area contributed by atoms with Gasteiger partial charge in [-0.25, -0.2) is 20.8 Å². The zero-order valence-corrected chi connectivity index (χ0v) is 13.6. The van der Waals surface area contributed by atoms with E-state index in [2.05, 4.69) is 45.5 Å². The molecule has 0 saturated heterocycles. The highest BCUT2D eigenvalue weighted by Gasteiger charge is 2.19. The number of aryl methyl sites for hydroxylation is 1. The van der Waals surface area contributed by atoms with Crippen LogP contribution in [0.3, 0.4) is 0 Å². The molecule has 2 aromatic rings. The van der Waals surface area contributed by atoms with Crippen LogP contribution in [0.15, 0.2) is 15.4 Å². The Balaban J connectivity index is 2.31. The third-order valence-corrected chi connectivity index (χ3v) is 4.19. The van der Waals surface area contributed by atoms with Crippen LogP contribution in [0, 0.1) is 0 Å². The van der Waals surface area contributed by atoms with Gasteiger partial charge in [-0.15, -0.1) is 0 Å². The van der Waals surface area contributed by atoms with Crippen molar-refractivity contribution in [3.8, 4) is 0 Å². The van der Waals surface area contributed by atoms with Gasteiger partial charge in [0.1, 0.15) is 22.5 Å². The van der Waals surface area contributed by atoms with Crippen molar-refractivity contribution in [2.45, 2.75) is 48.9 Å². The van der Waals surface area contributed by atoms with Crippen LogP contribution in [0.25, 0.3) is 0 Å². The minimum atomic E-state index is -0.141. The summed E-state index contributed by atoms with van der Waals surface area (Å²) in [7, 11) is 0. The average Bonchev–Trinajstić information content (AvgIpc) is 2.85. The van der Waals surface area contributed by atoms with Crippen LogP contribution in [-0.2, 0) is 11.8 Å². The van der Waals surface area contributed by atoms with Gasteiger partial charge in [-0.05, 0) is 23.3 Å². The fourth-order valence-corrected chi connectivity index (χ4v) is 3.05. The van der Waals surface area contributed by atoms with Gasteiger partial charge < -0.3 is 5.43 Å². The molecule has 2 heterocycles. The molecule has 0 aliphatic rings. The summed E-state index contributed by atoms with van der Waals surface area (Å²) in [6, 6.07) is 1.81. The minimum Gasteiger partial charge on any atom is -0.308 e. The van der Waals surface area contributed by atoms with E-state index in [0.717, 1.165) is 27.4 Å². The molecular formula is C12H18N6S2. The summed E-state index contributed by atoms with van der Waals surface area (Å²) in [6.45, 7) is 8.24. The number of nitrogens with one attached hydrogen (secondary N) is 1. The van der Waals surface area contributed by atoms with E-state index in [1.54, 1.807) is 0 Å². The third kappa shape index (κ3) is 3.65. The first-order valence-electron chi connectivity index (χ1n) is 6.29. The molecule has 3 N–H and O–H groups in total. The largest absolute Gasteiger partial charge is 0.308 e. The third-order valence-electron chi connectivity index (χ3n) is 2.48. The summed E-state index contributed by atoms with van der Waals surface area (Å²) in [6.07, 6.45) is 0.837. The fraction of sp³-hybridized carbons (Fsp3) is 0.500. The standard InChI is InChI=1S/C12H18N6S2/c1-5-7-15-11(20-18-7)19-9-6-8(17-13)14-10(16-9)12(2,3)4/h6H,5,13H2,1-4H3,(H,14,16,17). The monoisotopic (exact) mass is 310 g/mol. The Bertz CT molecular complexity index is 590. The topological polar surface area (TPSA) is 89.6 Å². The highest BCUT2D eigenvalue weighted by Crippen LogP contribution is 2.30. The number of nitrogen functional groups attached to an aromatic ring is 1. The second-order valence-corrected chi connectivity index (χ2v) is 7.26. The van der Waals surface area contributed by atoms with Crippen molar-refractivity contribution in [1.29, 1.82) is 0 Å². The van der Waals surface area contributed by atoms with E-state index in [4.69, 9.17) is 5.84 Å². The van der Waals surface area contributed by atoms with Gasteiger partial charge in [-0.1, -0.05) is 27.7 Å². The molecule has 0 atom stereocenters. The predicted octanol–water partition coefficient (Wildman–Crippen LogP) is 2.62. The smallest absolute Gasteiger partial charge is 0.176 e. The number of hydrazine groups is 1. The maximum absolute atomic E-state index is 5.48. The molecule has 0 radical (unpaired) electrons. The van der Waals surface area contributed by atoms with Crippen molar-refractivity contribution in [2.24, 2.45) is 5.84 Å². The Morgan fingerprint density at radius 1 is 1.30 bits per heavy atom. The van der Waals surface area contributed by atoms with Crippen molar-refractivity contribution in [3.63, 3.8) is 0 Å². The van der Waals surface area contributed by atoms with Gasteiger partial charge >= 0.3 is 0 Å². The van der Waals surface area contributed by atoms with E-state index in [9.17, 15) is 0 Å². The predicted molar refractivity (Wildman–Crippen MR) is 82.0 cm³/mol. The van der Waals surface area contributed by atoms with Gasteiger partial charge in [0.2, 0.25) is 0 Å². The van der Waals surface area contributed by atoms with Crippen LogP contribution in [0.2, 0.25) is 0 Å². The lowest BCUT2D eigenvalue weighted by Gasteiger charge is -2.17. The lowest BCUT2D eigenvalue weighted by molar-refractivity contribution is 0.539. The van der Waals surface area contributed by atoms with Crippen molar-refractivity contribution in [3.05, 3.63) is 17.7 Å². The van der Waals surface area contributed by atoms with E-state index in [0.29, 0.717) is 5.82 Å². The number of nitrogens with zero attached hydrogens (tertiary/aromatic N) is 4. The molecule has 20 heavy (non-hydrogen) atoms. The van der Waals surface area contributed by atoms with E-state index in [1.165, 1.54) is 23.3 Å². The normalized spacial score (nSPS) is 11.7. The highest BCUT2D eigenvalue weighted by molar-refractivity contribution is 8.00. The average molecular weight is 310 g/mol. The Labute approximate surface area is 126 Å². The van der Waals surface area contributed by atoms with Crippen LogP contribution in [0.1, 0.15) is 39.3 Å². The summed E-state index contributed by atoms with van der Waals surface area (Å²) < 4.78 is 5.15. The molecule has 0 amide bonds. The second kappa shape index (κ2) is 6.02. The molecular weight excluding hydrogens is 292 g/mol. The van der Waals surface area contributed by atoms with Crippen molar-refractivity contribution >= 4 is 29.1 Å². The molecule has 0 aliphatic heterocycles. The fourth-order valence-electron chi connectivity index (χ4n) is 1.40. The summed E-state index contributed by atoms with van der Waals surface area (Å²) in [5.74, 6) is 7.69. The van der Waals surface area contributed by atoms with Crippen molar-refractivity contribution < 1.29 is 0 Å². The van der Waals surface area contributed by atoms with Crippen LogP contribution < -0.4 is 11.3 Å². The van der Waals surface area contributed by atoms with Gasteiger partial charge in [0.15, 0.2) is 4.34 Å². The van der Waals surface area contributed by atoms with Crippen LogP contribution in [0.4, 0.5) is 5.82 Å². The summed E-state index contributed by atoms with van der Waals surface area (Å²) in [5, 5.41) is 0.816. The lowest BCUT2D eigenvalue weighted by atomic mass is 9.96. The molecule has 0 fully saturated rings. The maximum Gasteiger partial charge on any atom is 0.176 e. The zero-order chi connectivity index (χ0) is 14.8. The number of aromatic nitrogens is 4. The van der Waals surface area contributed by atoms with Crippen LogP contribution in [0.5, 0.6) is 0 Å². The molecule has 0 saturated carbocycles. The molecule has 6 nitrogen and oxygen atoms in total. The van der Waals surface area contributed by atoms with E-state index >= 15 is 0 Å². The summed E-state index contributed by atoms with van der Waals surface area (Å²) in [4.78, 5) is 13.4. The molecule has 108 valence electrons. The molecule has 0 aromatic carbocycles. The van der Waals surface area contributed by atoms with Crippen LogP contribution in [-0.4, -0.2) is 19.3 Å². The molecule has 0 spiro atoms. The number of rotatable bonds is 4. The van der Waals surface area contributed by atoms with E-state index < -0.39 is 0 Å². The van der Waals surface area contributed by atoms with Crippen molar-refractivity contribution in [1.82, 2.24) is 19.3 Å². The van der Waals surface area contributed by atoms with Gasteiger partial charge in [0.05, 0.1) is 0 Å². The first-order chi connectivity index (χ1) is 9.42. The van der Waals surface area contributed by atoms with Gasteiger partial charge in [0.25, 0.3) is 0 Å². The second-order valence-electron chi connectivity index (χ2n) is 5.24.